The van der Waals surface area contributed by atoms with Crippen LogP contribution >= 0.6 is 0 Å². The molecule has 1 aliphatic heterocycles. The summed E-state index contributed by atoms with van der Waals surface area (Å²) in [5.74, 6) is 6.78. The molecule has 19 heavy (non-hydrogen) atoms. The largest absolute Gasteiger partial charge is 0.334 e. The summed E-state index contributed by atoms with van der Waals surface area (Å²) in [6.07, 6.45) is 4.84. The molecule has 1 aromatic rings. The first-order valence-electron chi connectivity index (χ1n) is 7.01. The third-order valence-electron chi connectivity index (χ3n) is 4.09. The van der Waals surface area contributed by atoms with Crippen molar-refractivity contribution >= 4 is 0 Å². The second-order valence-corrected chi connectivity index (χ2v) is 5.42. The summed E-state index contributed by atoms with van der Waals surface area (Å²) < 4.78 is 2.15. The Bertz CT molecular complexity index is 390. The number of nitrogens with one attached hydrogen (secondary N) is 1. The highest BCUT2D eigenvalue weighted by atomic mass is 15.3. The Morgan fingerprint density at radius 3 is 2.95 bits per heavy atom. The van der Waals surface area contributed by atoms with Crippen LogP contribution in [-0.4, -0.2) is 59.1 Å². The first-order valence-corrected chi connectivity index (χ1v) is 7.01. The van der Waals surface area contributed by atoms with Crippen molar-refractivity contribution in [3.05, 3.63) is 18.2 Å². The highest BCUT2D eigenvalue weighted by Crippen LogP contribution is 2.20. The van der Waals surface area contributed by atoms with E-state index in [2.05, 4.69) is 45.8 Å². The summed E-state index contributed by atoms with van der Waals surface area (Å²) in [6, 6.07) is 0.621. The Hall–Kier alpha value is -0.950. The second kappa shape index (κ2) is 6.47. The second-order valence-electron chi connectivity index (χ2n) is 5.42. The monoisotopic (exact) mass is 266 g/mol. The number of likely N-dealkylation sites (N-methyl/N-ethyl adjacent to an activating group) is 2. The maximum Gasteiger partial charge on any atom is 0.127 e. The topological polar surface area (TPSA) is 62.4 Å². The number of piperazine rings is 1. The van der Waals surface area contributed by atoms with E-state index < -0.39 is 0 Å². The van der Waals surface area contributed by atoms with E-state index in [-0.39, 0.29) is 6.04 Å². The van der Waals surface area contributed by atoms with Crippen molar-refractivity contribution < 1.29 is 0 Å². The van der Waals surface area contributed by atoms with Crippen LogP contribution < -0.4 is 11.3 Å². The molecule has 3 N–H and O–H groups in total. The van der Waals surface area contributed by atoms with Crippen LogP contribution in [0.3, 0.4) is 0 Å². The van der Waals surface area contributed by atoms with Crippen LogP contribution in [0.15, 0.2) is 12.4 Å². The molecule has 6 nitrogen and oxygen atoms in total. The molecule has 2 atom stereocenters. The van der Waals surface area contributed by atoms with Crippen molar-refractivity contribution in [2.45, 2.75) is 32.0 Å². The fourth-order valence-corrected chi connectivity index (χ4v) is 2.77. The van der Waals surface area contributed by atoms with Crippen molar-refractivity contribution in [3.63, 3.8) is 0 Å². The van der Waals surface area contributed by atoms with Crippen LogP contribution in [0.25, 0.3) is 0 Å². The summed E-state index contributed by atoms with van der Waals surface area (Å²) in [5.41, 5.74) is 2.93. The number of hydrazine groups is 1. The lowest BCUT2D eigenvalue weighted by Gasteiger charge is -2.39. The van der Waals surface area contributed by atoms with Gasteiger partial charge in [0.1, 0.15) is 5.82 Å². The van der Waals surface area contributed by atoms with Crippen molar-refractivity contribution in [2.75, 3.05) is 33.7 Å². The summed E-state index contributed by atoms with van der Waals surface area (Å²) in [6.45, 7) is 6.38. The minimum Gasteiger partial charge on any atom is -0.334 e. The van der Waals surface area contributed by atoms with Gasteiger partial charge in [-0.15, -0.1) is 0 Å². The zero-order valence-electron chi connectivity index (χ0n) is 12.2. The van der Waals surface area contributed by atoms with E-state index in [0.717, 1.165) is 38.4 Å². The van der Waals surface area contributed by atoms with Crippen LogP contribution in [0.5, 0.6) is 0 Å². The van der Waals surface area contributed by atoms with Crippen LogP contribution in [0, 0.1) is 0 Å². The van der Waals surface area contributed by atoms with Gasteiger partial charge < -0.3 is 14.4 Å². The molecule has 1 aliphatic rings. The summed E-state index contributed by atoms with van der Waals surface area (Å²) in [4.78, 5) is 9.26. The predicted molar refractivity (Wildman–Crippen MR) is 76.5 cm³/mol. The fraction of sp³-hybridized carbons (Fsp3) is 0.769. The maximum absolute atomic E-state index is 5.75. The van der Waals surface area contributed by atoms with E-state index in [1.54, 1.807) is 0 Å². The molecule has 108 valence electrons. The van der Waals surface area contributed by atoms with Gasteiger partial charge in [-0.1, -0.05) is 0 Å². The van der Waals surface area contributed by atoms with E-state index in [9.17, 15) is 0 Å². The number of aryl methyl sites for hydroxylation is 1. The maximum atomic E-state index is 5.75. The average molecular weight is 266 g/mol. The first kappa shape index (κ1) is 14.5. The SMILES string of the molecule is CCn1ccnc1C(CC1CN(C)CCN1C)NN. The van der Waals surface area contributed by atoms with Crippen molar-refractivity contribution in [2.24, 2.45) is 5.84 Å². The van der Waals surface area contributed by atoms with E-state index >= 15 is 0 Å². The lowest BCUT2D eigenvalue weighted by atomic mass is 10.0. The molecule has 0 saturated carbocycles. The quantitative estimate of drug-likeness (QED) is 0.582. The third kappa shape index (κ3) is 3.33. The van der Waals surface area contributed by atoms with Gasteiger partial charge in [0.25, 0.3) is 0 Å². The van der Waals surface area contributed by atoms with Gasteiger partial charge in [0.15, 0.2) is 0 Å². The number of hydrogen-bond donors (Lipinski definition) is 2. The molecule has 0 radical (unpaired) electrons. The molecular weight excluding hydrogens is 240 g/mol. The molecular formula is C13H26N6. The molecule has 1 saturated heterocycles. The number of nitrogens with two attached hydrogens (primary N) is 1. The smallest absolute Gasteiger partial charge is 0.127 e. The van der Waals surface area contributed by atoms with Gasteiger partial charge in [-0.3, -0.25) is 5.84 Å². The third-order valence-corrected chi connectivity index (χ3v) is 4.09. The molecule has 0 spiro atoms. The van der Waals surface area contributed by atoms with Gasteiger partial charge >= 0.3 is 0 Å². The Balaban J connectivity index is 2.06. The molecule has 1 fully saturated rings. The van der Waals surface area contributed by atoms with Crippen molar-refractivity contribution in [1.82, 2.24) is 24.8 Å². The molecule has 0 aliphatic carbocycles. The van der Waals surface area contributed by atoms with Crippen LogP contribution in [0.2, 0.25) is 0 Å². The molecule has 1 aromatic heterocycles. The summed E-state index contributed by atoms with van der Waals surface area (Å²) >= 11 is 0. The van der Waals surface area contributed by atoms with E-state index in [4.69, 9.17) is 5.84 Å². The minimum atomic E-state index is 0.105. The standard InChI is InChI=1S/C13H26N6/c1-4-19-6-5-15-13(19)12(16-14)9-11-10-17(2)7-8-18(11)3/h5-6,11-12,16H,4,7-10,14H2,1-3H3. The number of nitrogens with zero attached hydrogens (tertiary/aromatic N) is 4. The van der Waals surface area contributed by atoms with Crippen LogP contribution in [0.4, 0.5) is 0 Å². The summed E-state index contributed by atoms with van der Waals surface area (Å²) in [5, 5.41) is 0. The molecule has 2 rings (SSSR count). The van der Waals surface area contributed by atoms with E-state index in [1.807, 2.05) is 12.4 Å². The molecule has 0 bridgehead atoms. The van der Waals surface area contributed by atoms with Gasteiger partial charge in [0.2, 0.25) is 0 Å². The van der Waals surface area contributed by atoms with Crippen LogP contribution in [-0.2, 0) is 6.54 Å². The Morgan fingerprint density at radius 2 is 2.26 bits per heavy atom. The molecule has 2 unspecified atom stereocenters. The highest BCUT2D eigenvalue weighted by molar-refractivity contribution is 5.01. The highest BCUT2D eigenvalue weighted by Gasteiger charge is 2.27. The Kier molecular flexibility index (Phi) is 4.93. The van der Waals surface area contributed by atoms with Gasteiger partial charge in [-0.2, -0.15) is 0 Å². The van der Waals surface area contributed by atoms with Gasteiger partial charge in [-0.05, 0) is 27.4 Å². The van der Waals surface area contributed by atoms with Crippen LogP contribution in [0.1, 0.15) is 25.2 Å². The number of hydrogen-bond acceptors (Lipinski definition) is 5. The zero-order valence-corrected chi connectivity index (χ0v) is 12.2. The number of aromatic nitrogens is 2. The van der Waals surface area contributed by atoms with Crippen molar-refractivity contribution in [1.29, 1.82) is 0 Å². The zero-order chi connectivity index (χ0) is 13.8. The normalized spacial score (nSPS) is 23.7. The van der Waals surface area contributed by atoms with Crippen molar-refractivity contribution in [3.8, 4) is 0 Å². The molecule has 2 heterocycles. The minimum absolute atomic E-state index is 0.105. The fourth-order valence-electron chi connectivity index (χ4n) is 2.77. The number of imidazole rings is 1. The average Bonchev–Trinajstić information content (AvgIpc) is 2.88. The first-order chi connectivity index (χ1) is 9.15. The number of rotatable bonds is 5. The molecule has 0 amide bonds. The van der Waals surface area contributed by atoms with E-state index in [1.165, 1.54) is 0 Å². The van der Waals surface area contributed by atoms with E-state index in [0.29, 0.717) is 6.04 Å². The van der Waals surface area contributed by atoms with Gasteiger partial charge in [0.05, 0.1) is 6.04 Å². The predicted octanol–water partition coefficient (Wildman–Crippen LogP) is 0.0433. The van der Waals surface area contributed by atoms with Gasteiger partial charge in [-0.25, -0.2) is 10.4 Å². The lowest BCUT2D eigenvalue weighted by molar-refractivity contribution is 0.0998. The Morgan fingerprint density at radius 1 is 1.47 bits per heavy atom. The molecule has 0 aromatic carbocycles. The Labute approximate surface area is 115 Å². The molecule has 6 heteroatoms. The van der Waals surface area contributed by atoms with Gasteiger partial charge in [0, 0.05) is 44.6 Å². The summed E-state index contributed by atoms with van der Waals surface area (Å²) in [7, 11) is 4.37. The lowest BCUT2D eigenvalue weighted by Crippen LogP contribution is -2.51.